The Morgan fingerprint density at radius 1 is 1.56 bits per heavy atom. The Hall–Kier alpha value is -1.16. The summed E-state index contributed by atoms with van der Waals surface area (Å²) >= 11 is 5.88. The summed E-state index contributed by atoms with van der Waals surface area (Å²) in [6.45, 7) is 6.84. The molecular formula is C13H20ClNO3. The molecule has 0 aliphatic rings. The van der Waals surface area contributed by atoms with Gasteiger partial charge in [-0.05, 0) is 19.8 Å². The molecule has 4 nitrogen and oxygen atoms in total. The number of rotatable bonds is 9. The maximum atomic E-state index is 11.8. The van der Waals surface area contributed by atoms with Crippen molar-refractivity contribution in [3.63, 3.8) is 0 Å². The molecule has 0 N–H and O–H groups in total. The third-order valence-electron chi connectivity index (χ3n) is 2.69. The maximum Gasteiger partial charge on any atom is 0.217 e. The fourth-order valence-electron chi connectivity index (χ4n) is 1.61. The van der Waals surface area contributed by atoms with E-state index in [2.05, 4.69) is 6.58 Å². The Labute approximate surface area is 113 Å². The van der Waals surface area contributed by atoms with Gasteiger partial charge >= 0.3 is 0 Å². The average molecular weight is 274 g/mol. The Morgan fingerprint density at radius 2 is 2.17 bits per heavy atom. The fraction of sp³-hybridized carbons (Fsp3) is 0.615. The number of nitrogens with zero attached hydrogens (tertiary/aromatic N) is 1. The fourth-order valence-corrected chi connectivity index (χ4v) is 1.70. The van der Waals surface area contributed by atoms with E-state index in [1.165, 1.54) is 0 Å². The summed E-state index contributed by atoms with van der Waals surface area (Å²) in [7, 11) is 0. The second kappa shape index (κ2) is 8.86. The van der Waals surface area contributed by atoms with E-state index in [0.717, 1.165) is 5.57 Å². The smallest absolute Gasteiger partial charge is 0.217 e. The summed E-state index contributed by atoms with van der Waals surface area (Å²) in [5.41, 5.74) is 0.720. The van der Waals surface area contributed by atoms with Crippen LogP contribution in [0.15, 0.2) is 24.3 Å². The molecule has 5 heteroatoms. The summed E-state index contributed by atoms with van der Waals surface area (Å²) in [6.07, 6.45) is 4.99. The van der Waals surface area contributed by atoms with Crippen molar-refractivity contribution in [3.8, 4) is 0 Å². The van der Waals surface area contributed by atoms with Crippen LogP contribution in [0.3, 0.4) is 0 Å². The monoisotopic (exact) mass is 273 g/mol. The molecule has 0 bridgehead atoms. The van der Waals surface area contributed by atoms with E-state index in [4.69, 9.17) is 11.6 Å². The Morgan fingerprint density at radius 3 is 2.61 bits per heavy atom. The molecular weight excluding hydrogens is 254 g/mol. The largest absolute Gasteiger partial charge is 0.299 e. The van der Waals surface area contributed by atoms with E-state index in [1.54, 1.807) is 19.1 Å². The lowest BCUT2D eigenvalue weighted by Gasteiger charge is -2.12. The van der Waals surface area contributed by atoms with Crippen LogP contribution in [-0.4, -0.2) is 22.6 Å². The van der Waals surface area contributed by atoms with Crippen molar-refractivity contribution >= 4 is 17.4 Å². The van der Waals surface area contributed by atoms with Crippen molar-refractivity contribution in [3.05, 3.63) is 34.4 Å². The molecule has 0 spiro atoms. The van der Waals surface area contributed by atoms with Gasteiger partial charge in [-0.1, -0.05) is 24.6 Å². The van der Waals surface area contributed by atoms with E-state index in [9.17, 15) is 14.9 Å². The normalized spacial score (nSPS) is 14.9. The highest BCUT2D eigenvalue weighted by molar-refractivity contribution is 6.21. The Kier molecular flexibility index (Phi) is 8.29. The zero-order valence-electron chi connectivity index (χ0n) is 10.9. The number of nitro groups is 1. The lowest BCUT2D eigenvalue weighted by molar-refractivity contribution is -0.483. The molecule has 0 amide bonds. The number of hydrogen-bond donors (Lipinski definition) is 0. The zero-order valence-corrected chi connectivity index (χ0v) is 11.7. The van der Waals surface area contributed by atoms with Gasteiger partial charge in [0.2, 0.25) is 6.54 Å². The van der Waals surface area contributed by atoms with Crippen molar-refractivity contribution in [2.24, 2.45) is 5.92 Å². The van der Waals surface area contributed by atoms with Crippen LogP contribution in [0.1, 0.15) is 33.1 Å². The predicted octanol–water partition coefficient (Wildman–Crippen LogP) is 3.38. The topological polar surface area (TPSA) is 60.2 Å². The van der Waals surface area contributed by atoms with Crippen LogP contribution >= 0.6 is 11.6 Å². The zero-order chi connectivity index (χ0) is 14.1. The Bertz CT molecular complexity index is 339. The molecule has 0 saturated carbocycles. The molecule has 0 aliphatic heterocycles. The third-order valence-corrected chi connectivity index (χ3v) is 3.04. The number of carbonyl (C=O) groups is 1. The summed E-state index contributed by atoms with van der Waals surface area (Å²) < 4.78 is 0. The minimum absolute atomic E-state index is 0.0762. The predicted molar refractivity (Wildman–Crippen MR) is 73.5 cm³/mol. The van der Waals surface area contributed by atoms with Crippen molar-refractivity contribution < 1.29 is 9.72 Å². The van der Waals surface area contributed by atoms with E-state index < -0.39 is 10.8 Å². The van der Waals surface area contributed by atoms with E-state index in [0.29, 0.717) is 19.3 Å². The van der Waals surface area contributed by atoms with Crippen molar-refractivity contribution in [1.82, 2.24) is 0 Å². The van der Waals surface area contributed by atoms with Crippen molar-refractivity contribution in [2.45, 2.75) is 38.5 Å². The molecule has 0 radical (unpaired) electrons. The number of allylic oxidation sites excluding steroid dienone is 2. The van der Waals surface area contributed by atoms with E-state index in [1.807, 2.05) is 6.92 Å². The van der Waals surface area contributed by atoms with Gasteiger partial charge in [-0.15, -0.1) is 18.2 Å². The first-order valence-electron chi connectivity index (χ1n) is 6.00. The molecule has 102 valence electrons. The lowest BCUT2D eigenvalue weighted by atomic mass is 9.92. The minimum Gasteiger partial charge on any atom is -0.299 e. The Balaban J connectivity index is 4.77. The number of halogens is 1. The first-order chi connectivity index (χ1) is 8.42. The number of hydrogen-bond acceptors (Lipinski definition) is 3. The van der Waals surface area contributed by atoms with Crippen LogP contribution in [0.25, 0.3) is 0 Å². The first-order valence-corrected chi connectivity index (χ1v) is 6.43. The molecule has 0 aromatic heterocycles. The molecule has 0 fully saturated rings. The SMILES string of the molecule is C=CC(Cl)C/C=C(\C)C(C[N+](=O)[O-])C(=O)CCC. The van der Waals surface area contributed by atoms with Gasteiger partial charge < -0.3 is 0 Å². The van der Waals surface area contributed by atoms with Crippen molar-refractivity contribution in [2.75, 3.05) is 6.54 Å². The van der Waals surface area contributed by atoms with E-state index >= 15 is 0 Å². The van der Waals surface area contributed by atoms with Gasteiger partial charge in [-0.25, -0.2) is 0 Å². The average Bonchev–Trinajstić information content (AvgIpc) is 2.32. The van der Waals surface area contributed by atoms with Crippen LogP contribution in [0.4, 0.5) is 0 Å². The van der Waals surface area contributed by atoms with Crippen LogP contribution in [-0.2, 0) is 4.79 Å². The molecule has 0 aromatic carbocycles. The van der Waals surface area contributed by atoms with Gasteiger partial charge in [0.05, 0.1) is 5.38 Å². The summed E-state index contributed by atoms with van der Waals surface area (Å²) in [4.78, 5) is 22.0. The van der Waals surface area contributed by atoms with E-state index in [-0.39, 0.29) is 17.7 Å². The van der Waals surface area contributed by atoms with Gasteiger partial charge in [-0.2, -0.15) is 0 Å². The van der Waals surface area contributed by atoms with Gasteiger partial charge in [0, 0.05) is 11.3 Å². The van der Waals surface area contributed by atoms with Crippen LogP contribution in [0, 0.1) is 16.0 Å². The van der Waals surface area contributed by atoms with Gasteiger partial charge in [0.1, 0.15) is 11.7 Å². The minimum atomic E-state index is -0.631. The van der Waals surface area contributed by atoms with Gasteiger partial charge in [0.25, 0.3) is 0 Å². The highest BCUT2D eigenvalue weighted by atomic mass is 35.5. The van der Waals surface area contributed by atoms with Crippen LogP contribution in [0.2, 0.25) is 0 Å². The quantitative estimate of drug-likeness (QED) is 0.280. The third kappa shape index (κ3) is 6.55. The van der Waals surface area contributed by atoms with Crippen LogP contribution < -0.4 is 0 Å². The summed E-state index contributed by atoms with van der Waals surface area (Å²) in [5.74, 6) is -0.707. The lowest BCUT2D eigenvalue weighted by Crippen LogP contribution is -2.24. The van der Waals surface area contributed by atoms with Crippen molar-refractivity contribution in [1.29, 1.82) is 0 Å². The second-order valence-corrected chi connectivity index (χ2v) is 4.78. The molecule has 0 saturated heterocycles. The number of Topliss-reactive ketones (excluding diaryl/α,β-unsaturated/α-hetero) is 1. The standard InChI is InChI=1S/C13H20ClNO3/c1-4-6-13(16)12(9-15(17)18)10(3)7-8-11(14)5-2/h5,7,11-12H,2,4,6,8-9H2,1,3H3/b10-7+. The van der Waals surface area contributed by atoms with Gasteiger partial charge in [-0.3, -0.25) is 14.9 Å². The van der Waals surface area contributed by atoms with Crippen LogP contribution in [0.5, 0.6) is 0 Å². The molecule has 0 aliphatic carbocycles. The first kappa shape index (κ1) is 16.8. The molecule has 2 atom stereocenters. The highest BCUT2D eigenvalue weighted by Gasteiger charge is 2.24. The summed E-state index contributed by atoms with van der Waals surface area (Å²) in [6, 6.07) is 0. The molecule has 2 unspecified atom stereocenters. The molecule has 0 heterocycles. The molecule has 0 aromatic rings. The molecule has 0 rings (SSSR count). The van der Waals surface area contributed by atoms with Gasteiger partial charge in [0.15, 0.2) is 0 Å². The number of alkyl halides is 1. The second-order valence-electron chi connectivity index (χ2n) is 4.22. The summed E-state index contributed by atoms with van der Waals surface area (Å²) in [5, 5.41) is 10.4. The highest BCUT2D eigenvalue weighted by Crippen LogP contribution is 2.17. The maximum absolute atomic E-state index is 11.8. The number of ketones is 1. The number of carbonyl (C=O) groups excluding carboxylic acids is 1. The molecule has 18 heavy (non-hydrogen) atoms.